The number of aliphatic hydroxyl groups is 2. The fraction of sp³-hybridized carbons (Fsp3) is 0.667. The summed E-state index contributed by atoms with van der Waals surface area (Å²) in [5.74, 6) is -2.29. The molecular formula is C15H18F6N4O2. The maximum atomic E-state index is 13.3. The highest BCUT2D eigenvalue weighted by Crippen LogP contribution is 2.49. The van der Waals surface area contributed by atoms with Crippen molar-refractivity contribution in [3.8, 4) is 0 Å². The minimum absolute atomic E-state index is 0.175. The molecule has 0 aromatic carbocycles. The van der Waals surface area contributed by atoms with Crippen molar-refractivity contribution < 1.29 is 36.6 Å². The van der Waals surface area contributed by atoms with Crippen molar-refractivity contribution in [3.05, 3.63) is 18.2 Å². The van der Waals surface area contributed by atoms with Crippen LogP contribution in [-0.4, -0.2) is 44.4 Å². The van der Waals surface area contributed by atoms with E-state index in [1.165, 1.54) is 13.8 Å². The minimum atomic E-state index is -5.05. The third kappa shape index (κ3) is 3.47. The highest BCUT2D eigenvalue weighted by Gasteiger charge is 2.64. The lowest BCUT2D eigenvalue weighted by atomic mass is 9.66. The normalized spacial score (nSPS) is 26.1. The van der Waals surface area contributed by atoms with Gasteiger partial charge < -0.3 is 10.2 Å². The van der Waals surface area contributed by atoms with Crippen LogP contribution in [0.1, 0.15) is 33.0 Å². The maximum Gasteiger partial charge on any atom is 0.451 e. The Labute approximate surface area is 150 Å². The molecule has 4 unspecified atom stereocenters. The standard InChI is InChI=1S/C15H18F6N4O2/c1-4-7(2)13(10(26)14(16,17)18)8(3)24-25(12(13)27)9-5-22-11(23-6-9)15(19,20)21/h5-7,10,12,26-27H,4H2,1-3H3. The lowest BCUT2D eigenvalue weighted by Crippen LogP contribution is -2.59. The van der Waals surface area contributed by atoms with Crippen LogP contribution in [0.25, 0.3) is 0 Å². The van der Waals surface area contributed by atoms with Gasteiger partial charge in [-0.1, -0.05) is 20.3 Å². The molecule has 4 atom stereocenters. The molecule has 0 fully saturated rings. The van der Waals surface area contributed by atoms with Crippen molar-refractivity contribution in [1.82, 2.24) is 9.97 Å². The Morgan fingerprint density at radius 3 is 2.11 bits per heavy atom. The van der Waals surface area contributed by atoms with Crippen LogP contribution >= 0.6 is 0 Å². The largest absolute Gasteiger partial charge is 0.451 e. The molecule has 0 bridgehead atoms. The van der Waals surface area contributed by atoms with E-state index in [1.54, 1.807) is 6.92 Å². The summed E-state index contributed by atoms with van der Waals surface area (Å²) >= 11 is 0. The Morgan fingerprint density at radius 1 is 1.19 bits per heavy atom. The van der Waals surface area contributed by atoms with Gasteiger partial charge in [-0.15, -0.1) is 0 Å². The van der Waals surface area contributed by atoms with E-state index in [9.17, 15) is 36.6 Å². The third-order valence-corrected chi connectivity index (χ3v) is 4.89. The van der Waals surface area contributed by atoms with Gasteiger partial charge in [0.15, 0.2) is 12.3 Å². The molecule has 6 nitrogen and oxygen atoms in total. The number of nitrogens with zero attached hydrogens (tertiary/aromatic N) is 4. The Morgan fingerprint density at radius 2 is 1.70 bits per heavy atom. The van der Waals surface area contributed by atoms with Crippen LogP contribution in [0.15, 0.2) is 17.5 Å². The summed E-state index contributed by atoms with van der Waals surface area (Å²) < 4.78 is 77.7. The molecular weight excluding hydrogens is 382 g/mol. The van der Waals surface area contributed by atoms with Crippen molar-refractivity contribution in [2.45, 2.75) is 51.9 Å². The van der Waals surface area contributed by atoms with Gasteiger partial charge in [-0.25, -0.2) is 15.0 Å². The van der Waals surface area contributed by atoms with Crippen molar-refractivity contribution in [2.24, 2.45) is 16.4 Å². The molecule has 0 radical (unpaired) electrons. The van der Waals surface area contributed by atoms with Crippen LogP contribution in [-0.2, 0) is 6.18 Å². The molecule has 2 heterocycles. The van der Waals surface area contributed by atoms with Crippen LogP contribution in [0.5, 0.6) is 0 Å². The highest BCUT2D eigenvalue weighted by molar-refractivity contribution is 5.93. The van der Waals surface area contributed by atoms with Gasteiger partial charge >= 0.3 is 12.4 Å². The second kappa shape index (κ2) is 6.89. The van der Waals surface area contributed by atoms with Crippen LogP contribution < -0.4 is 5.01 Å². The summed E-state index contributed by atoms with van der Waals surface area (Å²) in [7, 11) is 0. The van der Waals surface area contributed by atoms with Gasteiger partial charge in [0.25, 0.3) is 0 Å². The molecule has 0 amide bonds. The van der Waals surface area contributed by atoms with Gasteiger partial charge in [-0.2, -0.15) is 31.4 Å². The molecule has 12 heteroatoms. The van der Waals surface area contributed by atoms with Crippen LogP contribution in [0.4, 0.5) is 32.0 Å². The SMILES string of the molecule is CCC(C)C1(C(O)C(F)(F)F)C(C)=NN(c2cnc(C(F)(F)F)nc2)C1O. The van der Waals surface area contributed by atoms with Crippen LogP contribution in [0.2, 0.25) is 0 Å². The first-order valence-corrected chi connectivity index (χ1v) is 7.94. The van der Waals surface area contributed by atoms with Gasteiger partial charge in [0.2, 0.25) is 5.82 Å². The number of anilines is 1. The molecule has 1 aromatic rings. The Balaban J connectivity index is 2.50. The maximum absolute atomic E-state index is 13.3. The zero-order valence-electron chi connectivity index (χ0n) is 14.5. The Kier molecular flexibility index (Phi) is 5.45. The summed E-state index contributed by atoms with van der Waals surface area (Å²) in [6.07, 6.45) is -13.2. The zero-order valence-corrected chi connectivity index (χ0v) is 14.5. The number of hydrogen-bond acceptors (Lipinski definition) is 6. The summed E-state index contributed by atoms with van der Waals surface area (Å²) in [4.78, 5) is 6.24. The van der Waals surface area contributed by atoms with E-state index in [0.717, 1.165) is 0 Å². The summed E-state index contributed by atoms with van der Waals surface area (Å²) in [6.45, 7) is 4.22. The fourth-order valence-corrected chi connectivity index (χ4v) is 3.31. The van der Waals surface area contributed by atoms with Gasteiger partial charge in [0.05, 0.1) is 23.5 Å². The molecule has 1 aromatic heterocycles. The average Bonchev–Trinajstić information content (AvgIpc) is 2.84. The number of aromatic nitrogens is 2. The first-order chi connectivity index (χ1) is 12.3. The molecule has 1 aliphatic rings. The van der Waals surface area contributed by atoms with Crippen molar-refractivity contribution in [3.63, 3.8) is 0 Å². The van der Waals surface area contributed by atoms with E-state index in [-0.39, 0.29) is 17.8 Å². The number of aliphatic hydroxyl groups excluding tert-OH is 2. The minimum Gasteiger partial charge on any atom is -0.383 e. The zero-order chi connectivity index (χ0) is 20.8. The second-order valence-corrected chi connectivity index (χ2v) is 6.35. The summed E-state index contributed by atoms with van der Waals surface area (Å²) in [5, 5.41) is 25.2. The van der Waals surface area contributed by atoms with Gasteiger partial charge in [0, 0.05) is 5.71 Å². The van der Waals surface area contributed by atoms with Crippen LogP contribution in [0.3, 0.4) is 0 Å². The average molecular weight is 400 g/mol. The Hall–Kier alpha value is -1.95. The van der Waals surface area contributed by atoms with Crippen LogP contribution in [0, 0.1) is 11.3 Å². The van der Waals surface area contributed by atoms with E-state index in [4.69, 9.17) is 0 Å². The molecule has 152 valence electrons. The third-order valence-electron chi connectivity index (χ3n) is 4.89. The smallest absolute Gasteiger partial charge is 0.383 e. The first kappa shape index (κ1) is 21.4. The highest BCUT2D eigenvalue weighted by atomic mass is 19.4. The lowest BCUT2D eigenvalue weighted by molar-refractivity contribution is -0.246. The van der Waals surface area contributed by atoms with E-state index in [0.29, 0.717) is 17.4 Å². The molecule has 2 rings (SSSR count). The number of hydrazone groups is 1. The van der Waals surface area contributed by atoms with E-state index in [1.807, 2.05) is 0 Å². The summed E-state index contributed by atoms with van der Waals surface area (Å²) in [6, 6.07) is 0. The van der Waals surface area contributed by atoms with Gasteiger partial charge in [-0.05, 0) is 12.8 Å². The molecule has 1 aliphatic heterocycles. The predicted octanol–water partition coefficient (Wildman–Crippen LogP) is 2.97. The quantitative estimate of drug-likeness (QED) is 0.760. The number of rotatable bonds is 4. The van der Waals surface area contributed by atoms with E-state index < -0.39 is 41.8 Å². The van der Waals surface area contributed by atoms with Crippen molar-refractivity contribution >= 4 is 11.4 Å². The predicted molar refractivity (Wildman–Crippen MR) is 82.6 cm³/mol. The molecule has 0 spiro atoms. The van der Waals surface area contributed by atoms with Crippen molar-refractivity contribution in [2.75, 3.05) is 5.01 Å². The summed E-state index contributed by atoms with van der Waals surface area (Å²) in [5.41, 5.74) is -2.64. The second-order valence-electron chi connectivity index (χ2n) is 6.35. The van der Waals surface area contributed by atoms with Gasteiger partial charge in [0.1, 0.15) is 0 Å². The number of alkyl halides is 6. The monoisotopic (exact) mass is 400 g/mol. The van der Waals surface area contributed by atoms with Gasteiger partial charge in [-0.3, -0.25) is 0 Å². The lowest BCUT2D eigenvalue weighted by Gasteiger charge is -2.43. The first-order valence-electron chi connectivity index (χ1n) is 7.94. The molecule has 0 aliphatic carbocycles. The topological polar surface area (TPSA) is 81.8 Å². The number of halogens is 6. The molecule has 27 heavy (non-hydrogen) atoms. The molecule has 2 N–H and O–H groups in total. The number of hydrogen-bond donors (Lipinski definition) is 2. The Bertz CT molecular complexity index is 706. The van der Waals surface area contributed by atoms with E-state index >= 15 is 0 Å². The van der Waals surface area contributed by atoms with Crippen molar-refractivity contribution in [1.29, 1.82) is 0 Å². The van der Waals surface area contributed by atoms with E-state index in [2.05, 4.69) is 15.1 Å². The molecule has 0 saturated heterocycles. The molecule has 0 saturated carbocycles. The fourth-order valence-electron chi connectivity index (χ4n) is 3.31.